The minimum Gasteiger partial charge on any atom is -0.379 e. The summed E-state index contributed by atoms with van der Waals surface area (Å²) in [7, 11) is 0. The average molecular weight is 155 g/mol. The summed E-state index contributed by atoms with van der Waals surface area (Å²) in [5, 5.41) is 0. The Labute approximate surface area is 68.1 Å². The smallest absolute Gasteiger partial charge is 0.0649 e. The molecular weight excluding hydrogens is 138 g/mol. The zero-order chi connectivity index (χ0) is 8.06. The van der Waals surface area contributed by atoms with Crippen molar-refractivity contribution >= 4 is 0 Å². The average Bonchev–Trinajstić information content (AvgIpc) is 1.85. The van der Waals surface area contributed by atoms with Crippen LogP contribution >= 0.6 is 0 Å². The molecule has 1 aliphatic carbocycles. The summed E-state index contributed by atoms with van der Waals surface area (Å²) < 4.78 is 5.39. The first-order valence-corrected chi connectivity index (χ1v) is 4.50. The fourth-order valence-corrected chi connectivity index (χ4v) is 2.99. The van der Waals surface area contributed by atoms with Gasteiger partial charge in [0.15, 0.2) is 0 Å². The third-order valence-corrected chi connectivity index (χ3v) is 3.23. The van der Waals surface area contributed by atoms with Crippen molar-refractivity contribution in [1.82, 2.24) is 0 Å². The van der Waals surface area contributed by atoms with Crippen molar-refractivity contribution in [3.63, 3.8) is 0 Å². The SMILES string of the molecule is CC(C)C1[C@H]2COC[C@]1(N)C2. The van der Waals surface area contributed by atoms with E-state index < -0.39 is 0 Å². The van der Waals surface area contributed by atoms with Crippen molar-refractivity contribution in [2.45, 2.75) is 25.8 Å². The molecule has 64 valence electrons. The van der Waals surface area contributed by atoms with Crippen LogP contribution in [0.1, 0.15) is 20.3 Å². The zero-order valence-electron chi connectivity index (χ0n) is 7.34. The van der Waals surface area contributed by atoms with Gasteiger partial charge in [0.2, 0.25) is 0 Å². The van der Waals surface area contributed by atoms with Crippen LogP contribution in [0.2, 0.25) is 0 Å². The Balaban J connectivity index is 2.11. The molecule has 0 aromatic carbocycles. The molecule has 3 rings (SSSR count). The molecule has 0 amide bonds. The van der Waals surface area contributed by atoms with Crippen molar-refractivity contribution in [2.24, 2.45) is 23.5 Å². The first-order valence-electron chi connectivity index (χ1n) is 4.50. The standard InChI is InChI=1S/C9H17NO/c1-6(2)8-7-3-9(8,10)5-11-4-7/h6-8H,3-5,10H2,1-2H3/t7-,8?,9-/m1/s1. The molecular formula is C9H17NO. The maximum atomic E-state index is 6.16. The van der Waals surface area contributed by atoms with E-state index in [2.05, 4.69) is 13.8 Å². The molecule has 2 heterocycles. The van der Waals surface area contributed by atoms with Crippen molar-refractivity contribution in [3.8, 4) is 0 Å². The summed E-state index contributed by atoms with van der Waals surface area (Å²) >= 11 is 0. The number of fused-ring (bicyclic) bond motifs is 2. The molecule has 0 aromatic heterocycles. The predicted octanol–water partition coefficient (Wildman–Crippen LogP) is 1.01. The summed E-state index contributed by atoms with van der Waals surface area (Å²) in [6.07, 6.45) is 1.19. The molecule has 0 spiro atoms. The number of nitrogens with two attached hydrogens (primary N) is 1. The van der Waals surface area contributed by atoms with Gasteiger partial charge in [-0.05, 0) is 24.2 Å². The van der Waals surface area contributed by atoms with Crippen molar-refractivity contribution in [3.05, 3.63) is 0 Å². The van der Waals surface area contributed by atoms with Gasteiger partial charge < -0.3 is 10.5 Å². The van der Waals surface area contributed by atoms with E-state index in [-0.39, 0.29) is 5.54 Å². The van der Waals surface area contributed by atoms with Crippen LogP contribution in [-0.2, 0) is 4.74 Å². The fourth-order valence-electron chi connectivity index (χ4n) is 2.99. The Bertz CT molecular complexity index is 165. The van der Waals surface area contributed by atoms with Crippen LogP contribution in [0.25, 0.3) is 0 Å². The van der Waals surface area contributed by atoms with E-state index in [0.29, 0.717) is 0 Å². The Morgan fingerprint density at radius 1 is 1.55 bits per heavy atom. The van der Waals surface area contributed by atoms with Gasteiger partial charge in [0, 0.05) is 12.1 Å². The molecule has 0 aromatic rings. The molecule has 2 saturated heterocycles. The Kier molecular flexibility index (Phi) is 1.52. The first kappa shape index (κ1) is 7.56. The van der Waals surface area contributed by atoms with Gasteiger partial charge in [-0.15, -0.1) is 0 Å². The van der Waals surface area contributed by atoms with Gasteiger partial charge in [-0.2, -0.15) is 0 Å². The molecule has 2 aliphatic heterocycles. The first-order chi connectivity index (χ1) is 5.13. The molecule has 2 N–H and O–H groups in total. The van der Waals surface area contributed by atoms with E-state index in [1.165, 1.54) is 6.42 Å². The highest BCUT2D eigenvalue weighted by molar-refractivity contribution is 5.09. The van der Waals surface area contributed by atoms with Crippen LogP contribution in [0.5, 0.6) is 0 Å². The highest BCUT2D eigenvalue weighted by Crippen LogP contribution is 2.49. The summed E-state index contributed by atoms with van der Waals surface area (Å²) in [4.78, 5) is 0. The van der Waals surface area contributed by atoms with E-state index in [1.54, 1.807) is 0 Å². The molecule has 3 aliphatic rings. The maximum Gasteiger partial charge on any atom is 0.0649 e. The van der Waals surface area contributed by atoms with Gasteiger partial charge in [-0.25, -0.2) is 0 Å². The molecule has 2 heteroatoms. The second kappa shape index (κ2) is 2.20. The van der Waals surface area contributed by atoms with Crippen molar-refractivity contribution < 1.29 is 4.74 Å². The molecule has 3 fully saturated rings. The molecule has 0 radical (unpaired) electrons. The quantitative estimate of drug-likeness (QED) is 0.613. The largest absolute Gasteiger partial charge is 0.379 e. The van der Waals surface area contributed by atoms with E-state index in [1.807, 2.05) is 0 Å². The van der Waals surface area contributed by atoms with Gasteiger partial charge in [-0.3, -0.25) is 0 Å². The summed E-state index contributed by atoms with van der Waals surface area (Å²) in [5.41, 5.74) is 6.20. The predicted molar refractivity (Wildman–Crippen MR) is 44.2 cm³/mol. The zero-order valence-corrected chi connectivity index (χ0v) is 7.34. The highest BCUT2D eigenvalue weighted by atomic mass is 16.5. The van der Waals surface area contributed by atoms with Crippen molar-refractivity contribution in [1.29, 1.82) is 0 Å². The monoisotopic (exact) mass is 155 g/mol. The Morgan fingerprint density at radius 2 is 2.27 bits per heavy atom. The molecule has 1 unspecified atom stereocenters. The lowest BCUT2D eigenvalue weighted by Crippen LogP contribution is -2.69. The topological polar surface area (TPSA) is 35.2 Å². The Morgan fingerprint density at radius 3 is 2.64 bits per heavy atom. The van der Waals surface area contributed by atoms with E-state index in [4.69, 9.17) is 10.5 Å². The van der Waals surface area contributed by atoms with Crippen LogP contribution in [0.4, 0.5) is 0 Å². The summed E-state index contributed by atoms with van der Waals surface area (Å²) in [6, 6.07) is 0. The van der Waals surface area contributed by atoms with Gasteiger partial charge in [-0.1, -0.05) is 13.8 Å². The van der Waals surface area contributed by atoms with Gasteiger partial charge in [0.05, 0.1) is 6.61 Å². The van der Waals surface area contributed by atoms with Crippen LogP contribution in [-0.4, -0.2) is 18.8 Å². The lowest BCUT2D eigenvalue weighted by Gasteiger charge is -2.58. The second-order valence-electron chi connectivity index (χ2n) is 4.48. The van der Waals surface area contributed by atoms with Gasteiger partial charge >= 0.3 is 0 Å². The highest BCUT2D eigenvalue weighted by Gasteiger charge is 2.55. The lowest BCUT2D eigenvalue weighted by atomic mass is 9.55. The van der Waals surface area contributed by atoms with Crippen molar-refractivity contribution in [2.75, 3.05) is 13.2 Å². The van der Waals surface area contributed by atoms with E-state index >= 15 is 0 Å². The van der Waals surface area contributed by atoms with Crippen LogP contribution < -0.4 is 5.73 Å². The van der Waals surface area contributed by atoms with E-state index in [9.17, 15) is 0 Å². The second-order valence-corrected chi connectivity index (χ2v) is 4.48. The Hall–Kier alpha value is -0.0800. The third kappa shape index (κ3) is 0.926. The number of rotatable bonds is 1. The van der Waals surface area contributed by atoms with Gasteiger partial charge in [0.25, 0.3) is 0 Å². The van der Waals surface area contributed by atoms with Crippen LogP contribution in [0, 0.1) is 17.8 Å². The lowest BCUT2D eigenvalue weighted by molar-refractivity contribution is -0.146. The minimum absolute atomic E-state index is 0.0388. The van der Waals surface area contributed by atoms with E-state index in [0.717, 1.165) is 31.0 Å². The molecule has 2 bridgehead atoms. The van der Waals surface area contributed by atoms with Crippen LogP contribution in [0.15, 0.2) is 0 Å². The summed E-state index contributed by atoms with van der Waals surface area (Å²) in [5.74, 6) is 2.20. The van der Waals surface area contributed by atoms with Crippen LogP contribution in [0.3, 0.4) is 0 Å². The summed E-state index contributed by atoms with van der Waals surface area (Å²) in [6.45, 7) is 6.27. The van der Waals surface area contributed by atoms with Gasteiger partial charge in [0.1, 0.15) is 0 Å². The number of ether oxygens (including phenoxy) is 1. The molecule has 3 atom stereocenters. The normalized spacial score (nSPS) is 49.1. The fraction of sp³-hybridized carbons (Fsp3) is 1.00. The number of hydrogen-bond acceptors (Lipinski definition) is 2. The molecule has 1 saturated carbocycles. The minimum atomic E-state index is 0.0388. The maximum absolute atomic E-state index is 6.16. The number of hydrogen-bond donors (Lipinski definition) is 1. The third-order valence-electron chi connectivity index (χ3n) is 3.23. The molecule has 11 heavy (non-hydrogen) atoms. The molecule has 2 nitrogen and oxygen atoms in total.